The van der Waals surface area contributed by atoms with Crippen molar-refractivity contribution in [2.24, 2.45) is 0 Å². The summed E-state index contributed by atoms with van der Waals surface area (Å²) in [4.78, 5) is 32.1. The molecule has 5 aromatic rings. The minimum absolute atomic E-state index is 0.134. The minimum Gasteiger partial charge on any atom is -0.288 e. The topological polar surface area (TPSA) is 52.0 Å². The maximum absolute atomic E-state index is 13.6. The van der Waals surface area contributed by atoms with Crippen molar-refractivity contribution in [1.82, 2.24) is 9.55 Å². The molecule has 0 fully saturated rings. The van der Waals surface area contributed by atoms with E-state index < -0.39 is 0 Å². The molecular formula is C24H16N2O2S. The Labute approximate surface area is 170 Å². The van der Waals surface area contributed by atoms with Crippen molar-refractivity contribution >= 4 is 31.6 Å². The van der Waals surface area contributed by atoms with Gasteiger partial charge in [-0.3, -0.25) is 14.2 Å². The summed E-state index contributed by atoms with van der Waals surface area (Å²) >= 11 is 1.37. The third-order valence-corrected chi connectivity index (χ3v) is 6.08. The van der Waals surface area contributed by atoms with E-state index in [1.54, 1.807) is 10.6 Å². The highest BCUT2D eigenvalue weighted by Gasteiger charge is 2.19. The average Bonchev–Trinajstić information content (AvgIpc) is 2.74. The Morgan fingerprint density at radius 3 is 2.31 bits per heavy atom. The molecule has 2 heterocycles. The fourth-order valence-corrected chi connectivity index (χ4v) is 4.61. The standard InChI is InChI=1S/C24H16N2O2S/c1-15-9-5-6-12-17(15)22-25-23-20(21(27)18-13-7-8-14-19(18)29-23)24(28)26(22)16-10-3-2-4-11-16/h2-14H,1H3. The third kappa shape index (κ3) is 2.79. The molecule has 5 heteroatoms. The summed E-state index contributed by atoms with van der Waals surface area (Å²) in [5, 5.41) is 0.682. The van der Waals surface area contributed by atoms with Gasteiger partial charge >= 0.3 is 0 Å². The first-order chi connectivity index (χ1) is 14.1. The van der Waals surface area contributed by atoms with Gasteiger partial charge in [-0.05, 0) is 36.8 Å². The quantitative estimate of drug-likeness (QED) is 0.397. The minimum atomic E-state index is -0.341. The van der Waals surface area contributed by atoms with Gasteiger partial charge in [-0.2, -0.15) is 0 Å². The lowest BCUT2D eigenvalue weighted by atomic mass is 10.1. The molecule has 0 saturated heterocycles. The zero-order valence-electron chi connectivity index (χ0n) is 15.6. The van der Waals surface area contributed by atoms with Crippen LogP contribution in [0.2, 0.25) is 0 Å². The average molecular weight is 396 g/mol. The molecule has 0 unspecified atom stereocenters. The number of nitrogens with zero attached hydrogens (tertiary/aromatic N) is 2. The zero-order chi connectivity index (χ0) is 20.0. The van der Waals surface area contributed by atoms with Crippen LogP contribution in [0.1, 0.15) is 5.56 Å². The number of aromatic nitrogens is 2. The van der Waals surface area contributed by atoms with Crippen LogP contribution in [0.25, 0.3) is 37.4 Å². The second kappa shape index (κ2) is 6.79. The highest BCUT2D eigenvalue weighted by molar-refractivity contribution is 7.24. The van der Waals surface area contributed by atoms with E-state index in [1.807, 2.05) is 79.7 Å². The molecule has 0 aliphatic rings. The Kier molecular flexibility index (Phi) is 4.11. The van der Waals surface area contributed by atoms with E-state index in [4.69, 9.17) is 4.98 Å². The summed E-state index contributed by atoms with van der Waals surface area (Å²) in [5.74, 6) is 0.540. The predicted molar refractivity (Wildman–Crippen MR) is 119 cm³/mol. The van der Waals surface area contributed by atoms with Crippen molar-refractivity contribution < 1.29 is 0 Å². The summed E-state index contributed by atoms with van der Waals surface area (Å²) < 4.78 is 2.37. The summed E-state index contributed by atoms with van der Waals surface area (Å²) in [5.41, 5.74) is 1.95. The van der Waals surface area contributed by atoms with Crippen LogP contribution in [0.4, 0.5) is 0 Å². The van der Waals surface area contributed by atoms with Gasteiger partial charge in [0.15, 0.2) is 0 Å². The monoisotopic (exact) mass is 396 g/mol. The first-order valence-corrected chi connectivity index (χ1v) is 10.1. The second-order valence-corrected chi connectivity index (χ2v) is 7.86. The number of hydrogen-bond donors (Lipinski definition) is 0. The lowest BCUT2D eigenvalue weighted by Gasteiger charge is -2.15. The normalized spacial score (nSPS) is 11.2. The van der Waals surface area contributed by atoms with Gasteiger partial charge < -0.3 is 0 Å². The fourth-order valence-electron chi connectivity index (χ4n) is 3.57. The molecule has 0 saturated carbocycles. The van der Waals surface area contributed by atoms with Crippen LogP contribution < -0.4 is 11.0 Å². The Morgan fingerprint density at radius 2 is 1.52 bits per heavy atom. The van der Waals surface area contributed by atoms with E-state index in [0.29, 0.717) is 21.7 Å². The third-order valence-electron chi connectivity index (χ3n) is 5.02. The molecule has 3 aromatic carbocycles. The van der Waals surface area contributed by atoms with E-state index in [2.05, 4.69) is 0 Å². The van der Waals surface area contributed by atoms with Gasteiger partial charge in [-0.15, -0.1) is 11.3 Å². The number of aryl methyl sites for hydroxylation is 1. The van der Waals surface area contributed by atoms with E-state index in [9.17, 15) is 9.59 Å². The van der Waals surface area contributed by atoms with Crippen LogP contribution >= 0.6 is 11.3 Å². The summed E-state index contributed by atoms with van der Waals surface area (Å²) in [7, 11) is 0. The van der Waals surface area contributed by atoms with Gasteiger partial charge in [0.1, 0.15) is 16.0 Å². The van der Waals surface area contributed by atoms with Crippen LogP contribution in [0.3, 0.4) is 0 Å². The smallest absolute Gasteiger partial charge is 0.271 e. The van der Waals surface area contributed by atoms with Crippen molar-refractivity contribution in [1.29, 1.82) is 0 Å². The first-order valence-electron chi connectivity index (χ1n) is 9.25. The predicted octanol–water partition coefficient (Wildman–Crippen LogP) is 4.94. The molecule has 4 nitrogen and oxygen atoms in total. The van der Waals surface area contributed by atoms with E-state index in [0.717, 1.165) is 15.8 Å². The van der Waals surface area contributed by atoms with Gasteiger partial charge in [-0.25, -0.2) is 4.98 Å². The van der Waals surface area contributed by atoms with Crippen molar-refractivity contribution in [2.45, 2.75) is 6.92 Å². The van der Waals surface area contributed by atoms with Crippen molar-refractivity contribution in [3.05, 3.63) is 105 Å². The molecule has 0 aliphatic carbocycles. The zero-order valence-corrected chi connectivity index (χ0v) is 16.4. The number of para-hydroxylation sites is 1. The Balaban J connectivity index is 2.01. The number of fused-ring (bicyclic) bond motifs is 2. The van der Waals surface area contributed by atoms with Crippen molar-refractivity contribution in [2.75, 3.05) is 0 Å². The highest BCUT2D eigenvalue weighted by atomic mass is 32.1. The molecule has 0 radical (unpaired) electrons. The summed E-state index contributed by atoms with van der Waals surface area (Å²) in [6, 6.07) is 24.5. The fraction of sp³-hybridized carbons (Fsp3) is 0.0417. The molecule has 5 rings (SSSR count). The molecular weight excluding hydrogens is 380 g/mol. The van der Waals surface area contributed by atoms with E-state index in [-0.39, 0.29) is 16.4 Å². The van der Waals surface area contributed by atoms with E-state index in [1.165, 1.54) is 11.3 Å². The van der Waals surface area contributed by atoms with Gasteiger partial charge in [0.25, 0.3) is 5.56 Å². The summed E-state index contributed by atoms with van der Waals surface area (Å²) in [6.45, 7) is 1.99. The van der Waals surface area contributed by atoms with Crippen molar-refractivity contribution in [3.63, 3.8) is 0 Å². The van der Waals surface area contributed by atoms with Gasteiger partial charge in [-0.1, -0.05) is 54.6 Å². The lowest BCUT2D eigenvalue weighted by molar-refractivity contribution is 0.975. The largest absolute Gasteiger partial charge is 0.288 e. The van der Waals surface area contributed by atoms with Crippen LogP contribution in [0, 0.1) is 6.92 Å². The van der Waals surface area contributed by atoms with Gasteiger partial charge in [0.05, 0.1) is 5.69 Å². The molecule has 0 bridgehead atoms. The maximum Gasteiger partial charge on any atom is 0.271 e. The maximum atomic E-state index is 13.6. The number of rotatable bonds is 2. The molecule has 29 heavy (non-hydrogen) atoms. The lowest BCUT2D eigenvalue weighted by Crippen LogP contribution is -2.26. The molecule has 0 spiro atoms. The van der Waals surface area contributed by atoms with Gasteiger partial charge in [0.2, 0.25) is 5.43 Å². The molecule has 140 valence electrons. The molecule has 0 atom stereocenters. The highest BCUT2D eigenvalue weighted by Crippen LogP contribution is 2.27. The van der Waals surface area contributed by atoms with Crippen LogP contribution in [0.5, 0.6) is 0 Å². The Morgan fingerprint density at radius 1 is 0.828 bits per heavy atom. The van der Waals surface area contributed by atoms with Crippen LogP contribution in [-0.2, 0) is 0 Å². The molecule has 0 amide bonds. The Hall–Kier alpha value is -3.57. The van der Waals surface area contributed by atoms with Gasteiger partial charge in [0, 0.05) is 15.6 Å². The summed E-state index contributed by atoms with van der Waals surface area (Å²) in [6.07, 6.45) is 0. The van der Waals surface area contributed by atoms with Crippen molar-refractivity contribution in [3.8, 4) is 17.1 Å². The first kappa shape index (κ1) is 17.5. The molecule has 0 N–H and O–H groups in total. The molecule has 2 aromatic heterocycles. The van der Waals surface area contributed by atoms with Crippen LogP contribution in [-0.4, -0.2) is 9.55 Å². The number of benzene rings is 3. The van der Waals surface area contributed by atoms with E-state index >= 15 is 0 Å². The number of hydrogen-bond acceptors (Lipinski definition) is 4. The SMILES string of the molecule is Cc1ccccc1-c1nc2sc3ccccc3c(=O)c2c(=O)n1-c1ccccc1. The van der Waals surface area contributed by atoms with Crippen LogP contribution in [0.15, 0.2) is 88.5 Å². The second-order valence-electron chi connectivity index (χ2n) is 6.83. The Bertz CT molecular complexity index is 1500. The molecule has 0 aliphatic heterocycles.